The fourth-order valence-electron chi connectivity index (χ4n) is 2.24. The molecule has 0 aliphatic carbocycles. The van der Waals surface area contributed by atoms with Crippen LogP contribution in [0.15, 0.2) is 42.5 Å². The van der Waals surface area contributed by atoms with Crippen LogP contribution in [0.2, 0.25) is 5.02 Å². The number of rotatable bonds is 3. The van der Waals surface area contributed by atoms with Gasteiger partial charge in [-0.05, 0) is 66.9 Å². The van der Waals surface area contributed by atoms with E-state index in [2.05, 4.69) is 5.32 Å². The van der Waals surface area contributed by atoms with Crippen molar-refractivity contribution in [2.75, 3.05) is 5.32 Å². The minimum atomic E-state index is -4.46. The molecule has 0 unspecified atom stereocenters. The summed E-state index contributed by atoms with van der Waals surface area (Å²) in [6, 6.07) is 8.53. The molecule has 0 saturated carbocycles. The van der Waals surface area contributed by atoms with Crippen molar-refractivity contribution in [3.05, 3.63) is 69.8 Å². The summed E-state index contributed by atoms with van der Waals surface area (Å²) in [5, 5.41) is 2.80. The van der Waals surface area contributed by atoms with Gasteiger partial charge >= 0.3 is 6.18 Å². The molecular weight excluding hydrogens is 339 g/mol. The lowest BCUT2D eigenvalue weighted by Crippen LogP contribution is -2.08. The van der Waals surface area contributed by atoms with Crippen molar-refractivity contribution in [3.63, 3.8) is 0 Å². The fraction of sp³-hybridized carbons (Fsp3) is 0.167. The molecule has 0 atom stereocenters. The fourth-order valence-corrected chi connectivity index (χ4v) is 2.42. The Morgan fingerprint density at radius 3 is 2.29 bits per heavy atom. The predicted octanol–water partition coefficient (Wildman–Crippen LogP) is 5.63. The summed E-state index contributed by atoms with van der Waals surface area (Å²) in [6.45, 7) is 3.81. The summed E-state index contributed by atoms with van der Waals surface area (Å²) < 4.78 is 38.1. The molecule has 0 aliphatic heterocycles. The molecule has 0 spiro atoms. The monoisotopic (exact) mass is 353 g/mol. The summed E-state index contributed by atoms with van der Waals surface area (Å²) >= 11 is 5.88. The Hall–Kier alpha value is -2.27. The lowest BCUT2D eigenvalue weighted by atomic mass is 10.1. The van der Waals surface area contributed by atoms with Gasteiger partial charge in [0.25, 0.3) is 0 Å². The Balaban J connectivity index is 2.16. The maximum absolute atomic E-state index is 12.7. The molecule has 0 fully saturated rings. The molecule has 1 amide bonds. The maximum Gasteiger partial charge on any atom is 0.416 e. The average Bonchev–Trinajstić information content (AvgIpc) is 2.44. The maximum atomic E-state index is 12.7. The zero-order chi connectivity index (χ0) is 17.9. The SMILES string of the molecule is Cc1cc(C)cc(NC(=O)/C=C/c2cc(C(F)(F)F)ccc2Cl)c1. The Labute approximate surface area is 142 Å². The van der Waals surface area contributed by atoms with Gasteiger partial charge in [-0.1, -0.05) is 17.7 Å². The molecule has 0 aromatic heterocycles. The van der Waals surface area contributed by atoms with Crippen LogP contribution >= 0.6 is 11.6 Å². The average molecular weight is 354 g/mol. The molecule has 0 saturated heterocycles. The second-order valence-corrected chi connectivity index (χ2v) is 5.84. The molecule has 1 N–H and O–H groups in total. The van der Waals surface area contributed by atoms with Crippen molar-refractivity contribution in [1.29, 1.82) is 0 Å². The van der Waals surface area contributed by atoms with Crippen LogP contribution in [0.4, 0.5) is 18.9 Å². The zero-order valence-corrected chi connectivity index (χ0v) is 13.8. The first kappa shape index (κ1) is 18.1. The number of alkyl halides is 3. The van der Waals surface area contributed by atoms with Crippen molar-refractivity contribution in [2.24, 2.45) is 0 Å². The lowest BCUT2D eigenvalue weighted by Gasteiger charge is -2.08. The van der Waals surface area contributed by atoms with E-state index < -0.39 is 17.6 Å². The van der Waals surface area contributed by atoms with E-state index in [-0.39, 0.29) is 10.6 Å². The second kappa shape index (κ2) is 7.09. The normalized spacial score (nSPS) is 11.8. The summed E-state index contributed by atoms with van der Waals surface area (Å²) in [5.41, 5.74) is 1.92. The smallest absolute Gasteiger partial charge is 0.322 e. The topological polar surface area (TPSA) is 29.1 Å². The van der Waals surface area contributed by atoms with Gasteiger partial charge in [-0.15, -0.1) is 0 Å². The standard InChI is InChI=1S/C18H15ClF3NO/c1-11-7-12(2)9-15(8-11)23-17(24)6-3-13-10-14(18(20,21)22)4-5-16(13)19/h3-10H,1-2H3,(H,23,24)/b6-3+. The van der Waals surface area contributed by atoms with Gasteiger partial charge in [0.15, 0.2) is 0 Å². The van der Waals surface area contributed by atoms with Crippen LogP contribution in [-0.2, 0) is 11.0 Å². The Morgan fingerprint density at radius 2 is 1.71 bits per heavy atom. The van der Waals surface area contributed by atoms with Gasteiger partial charge < -0.3 is 5.32 Å². The highest BCUT2D eigenvalue weighted by Gasteiger charge is 2.30. The first-order valence-corrected chi connectivity index (χ1v) is 7.47. The van der Waals surface area contributed by atoms with Crippen LogP contribution in [0.3, 0.4) is 0 Å². The molecule has 24 heavy (non-hydrogen) atoms. The summed E-state index contributed by atoms with van der Waals surface area (Å²) in [5.74, 6) is -0.450. The largest absolute Gasteiger partial charge is 0.416 e. The minimum absolute atomic E-state index is 0.127. The van der Waals surface area contributed by atoms with Gasteiger partial charge in [-0.2, -0.15) is 13.2 Å². The van der Waals surface area contributed by atoms with Crippen LogP contribution in [0.1, 0.15) is 22.3 Å². The van der Waals surface area contributed by atoms with Crippen LogP contribution in [0.25, 0.3) is 6.08 Å². The molecule has 6 heteroatoms. The molecule has 0 aliphatic rings. The van der Waals surface area contributed by atoms with E-state index in [1.54, 1.807) is 12.1 Å². The van der Waals surface area contributed by atoms with Gasteiger partial charge in [-0.3, -0.25) is 4.79 Å². The zero-order valence-electron chi connectivity index (χ0n) is 13.0. The van der Waals surface area contributed by atoms with E-state index in [9.17, 15) is 18.0 Å². The Bertz CT molecular complexity index is 777. The van der Waals surface area contributed by atoms with Crippen molar-refractivity contribution >= 4 is 29.3 Å². The van der Waals surface area contributed by atoms with Crippen molar-refractivity contribution < 1.29 is 18.0 Å². The van der Waals surface area contributed by atoms with Gasteiger partial charge in [-0.25, -0.2) is 0 Å². The molecule has 2 aromatic rings. The third kappa shape index (κ3) is 4.86. The van der Waals surface area contributed by atoms with E-state index in [1.165, 1.54) is 6.08 Å². The van der Waals surface area contributed by atoms with Crippen molar-refractivity contribution in [2.45, 2.75) is 20.0 Å². The third-order valence-corrected chi connectivity index (χ3v) is 3.57. The lowest BCUT2D eigenvalue weighted by molar-refractivity contribution is -0.137. The highest BCUT2D eigenvalue weighted by Crippen LogP contribution is 2.32. The molecule has 2 aromatic carbocycles. The number of hydrogen-bond donors (Lipinski definition) is 1. The molecule has 0 heterocycles. The highest BCUT2D eigenvalue weighted by molar-refractivity contribution is 6.32. The Morgan fingerprint density at radius 1 is 1.08 bits per heavy atom. The number of halogens is 4. The molecular formula is C18H15ClF3NO. The number of aryl methyl sites for hydroxylation is 2. The van der Waals surface area contributed by atoms with E-state index in [0.717, 1.165) is 35.4 Å². The molecule has 126 valence electrons. The highest BCUT2D eigenvalue weighted by atomic mass is 35.5. The quantitative estimate of drug-likeness (QED) is 0.712. The van der Waals surface area contributed by atoms with Crippen LogP contribution < -0.4 is 5.32 Å². The number of hydrogen-bond acceptors (Lipinski definition) is 1. The molecule has 0 radical (unpaired) electrons. The number of nitrogens with one attached hydrogen (secondary N) is 1. The van der Waals surface area contributed by atoms with Gasteiger partial charge in [0.05, 0.1) is 5.56 Å². The minimum Gasteiger partial charge on any atom is -0.322 e. The number of benzene rings is 2. The predicted molar refractivity (Wildman–Crippen MR) is 90.0 cm³/mol. The second-order valence-electron chi connectivity index (χ2n) is 5.43. The molecule has 0 bridgehead atoms. The summed E-state index contributed by atoms with van der Waals surface area (Å²) in [6.07, 6.45) is -2.05. The first-order chi connectivity index (χ1) is 11.1. The van der Waals surface area contributed by atoms with E-state index in [1.807, 2.05) is 19.9 Å². The third-order valence-electron chi connectivity index (χ3n) is 3.23. The first-order valence-electron chi connectivity index (χ1n) is 7.09. The van der Waals surface area contributed by atoms with E-state index in [4.69, 9.17) is 11.6 Å². The van der Waals surface area contributed by atoms with Crippen molar-refractivity contribution in [3.8, 4) is 0 Å². The molecule has 2 nitrogen and oxygen atoms in total. The summed E-state index contributed by atoms with van der Waals surface area (Å²) in [4.78, 5) is 11.9. The number of amides is 1. The van der Waals surface area contributed by atoms with E-state index in [0.29, 0.717) is 5.69 Å². The van der Waals surface area contributed by atoms with Gasteiger partial charge in [0.1, 0.15) is 0 Å². The van der Waals surface area contributed by atoms with E-state index >= 15 is 0 Å². The van der Waals surface area contributed by atoms with Gasteiger partial charge in [0.2, 0.25) is 5.91 Å². The summed E-state index contributed by atoms with van der Waals surface area (Å²) in [7, 11) is 0. The van der Waals surface area contributed by atoms with Crippen LogP contribution in [-0.4, -0.2) is 5.91 Å². The van der Waals surface area contributed by atoms with Crippen molar-refractivity contribution in [1.82, 2.24) is 0 Å². The van der Waals surface area contributed by atoms with Crippen LogP contribution in [0, 0.1) is 13.8 Å². The van der Waals surface area contributed by atoms with Crippen LogP contribution in [0.5, 0.6) is 0 Å². The molecule has 2 rings (SSSR count). The Kier molecular flexibility index (Phi) is 5.34. The van der Waals surface area contributed by atoms with Gasteiger partial charge in [0, 0.05) is 16.8 Å². The number of carbonyl (C=O) groups is 1. The number of anilines is 1. The number of carbonyl (C=O) groups excluding carboxylic acids is 1.